The molecule has 24 heavy (non-hydrogen) atoms. The van der Waals surface area contributed by atoms with E-state index < -0.39 is 28.0 Å². The van der Waals surface area contributed by atoms with Crippen molar-refractivity contribution in [3.8, 4) is 0 Å². The second-order valence-electron chi connectivity index (χ2n) is 5.89. The molecular formula is C16H22N2O5S. The number of carboxylic acid groups (broad SMARTS) is 1. The lowest BCUT2D eigenvalue weighted by atomic mass is 9.94. The lowest BCUT2D eigenvalue weighted by Gasteiger charge is -2.23. The van der Waals surface area contributed by atoms with Gasteiger partial charge in [-0.3, -0.25) is 9.59 Å². The van der Waals surface area contributed by atoms with Gasteiger partial charge < -0.3 is 10.4 Å². The van der Waals surface area contributed by atoms with Crippen LogP contribution in [0.15, 0.2) is 29.2 Å². The molecule has 0 bridgehead atoms. The van der Waals surface area contributed by atoms with Crippen LogP contribution in [0.25, 0.3) is 0 Å². The second-order valence-corrected chi connectivity index (χ2v) is 7.78. The van der Waals surface area contributed by atoms with Crippen LogP contribution < -0.4 is 10.0 Å². The maximum Gasteiger partial charge on any atom is 0.308 e. The van der Waals surface area contributed by atoms with Crippen LogP contribution in [0.5, 0.6) is 0 Å². The van der Waals surface area contributed by atoms with Gasteiger partial charge in [0, 0.05) is 11.6 Å². The summed E-state index contributed by atoms with van der Waals surface area (Å²) >= 11 is 0. The average Bonchev–Trinajstić information content (AvgIpc) is 2.80. The first-order valence-corrected chi connectivity index (χ1v) is 9.41. The van der Waals surface area contributed by atoms with Crippen molar-refractivity contribution < 1.29 is 23.1 Å². The summed E-state index contributed by atoms with van der Waals surface area (Å²) < 4.78 is 25.6. The third-order valence-corrected chi connectivity index (χ3v) is 5.78. The Hall–Kier alpha value is -1.93. The van der Waals surface area contributed by atoms with E-state index >= 15 is 0 Å². The number of nitrogens with one attached hydrogen (secondary N) is 2. The molecule has 132 valence electrons. The van der Waals surface area contributed by atoms with E-state index in [0.717, 1.165) is 19.3 Å². The standard InChI is InChI=1S/C16H22N2O5S/c1-17-24(22,23)12-9-7-11(8-10-12)15(19)18-14-6-4-2-3-5-13(14)16(20)21/h7-10,13-14,17H,2-6H2,1H3,(H,18,19)(H,20,21)/t13-,14+/m1/s1. The van der Waals surface area contributed by atoms with Crippen molar-refractivity contribution >= 4 is 21.9 Å². The Bertz CT molecular complexity index is 700. The quantitative estimate of drug-likeness (QED) is 0.691. The fraction of sp³-hybridized carbons (Fsp3) is 0.500. The summed E-state index contributed by atoms with van der Waals surface area (Å²) in [5.74, 6) is -1.86. The largest absolute Gasteiger partial charge is 0.481 e. The number of carbonyl (C=O) groups excluding carboxylic acids is 1. The number of amides is 1. The minimum absolute atomic E-state index is 0.0689. The first kappa shape index (κ1) is 18.4. The molecule has 3 N–H and O–H groups in total. The molecule has 0 radical (unpaired) electrons. The van der Waals surface area contributed by atoms with Gasteiger partial charge >= 0.3 is 5.97 Å². The van der Waals surface area contributed by atoms with E-state index in [9.17, 15) is 23.1 Å². The van der Waals surface area contributed by atoms with E-state index in [1.54, 1.807) is 0 Å². The van der Waals surface area contributed by atoms with Crippen molar-refractivity contribution in [3.05, 3.63) is 29.8 Å². The summed E-state index contributed by atoms with van der Waals surface area (Å²) in [6.07, 6.45) is 3.88. The highest BCUT2D eigenvalue weighted by molar-refractivity contribution is 7.89. The van der Waals surface area contributed by atoms with E-state index in [-0.39, 0.29) is 10.8 Å². The average molecular weight is 354 g/mol. The summed E-state index contributed by atoms with van der Waals surface area (Å²) in [6, 6.07) is 5.14. The van der Waals surface area contributed by atoms with Gasteiger partial charge in [-0.05, 0) is 44.2 Å². The van der Waals surface area contributed by atoms with E-state index in [1.165, 1.54) is 31.3 Å². The predicted octanol–water partition coefficient (Wildman–Crippen LogP) is 1.36. The molecule has 1 aliphatic rings. The molecule has 1 fully saturated rings. The molecular weight excluding hydrogens is 332 g/mol. The van der Waals surface area contributed by atoms with Crippen LogP contribution in [0.1, 0.15) is 42.5 Å². The second kappa shape index (κ2) is 7.76. The summed E-state index contributed by atoms with van der Waals surface area (Å²) in [7, 11) is -2.24. The maximum atomic E-state index is 12.4. The Labute approximate surface area is 141 Å². The summed E-state index contributed by atoms with van der Waals surface area (Å²) in [5.41, 5.74) is 0.304. The normalized spacial score (nSPS) is 21.7. The highest BCUT2D eigenvalue weighted by atomic mass is 32.2. The van der Waals surface area contributed by atoms with Crippen LogP contribution in [0.2, 0.25) is 0 Å². The summed E-state index contributed by atoms with van der Waals surface area (Å²) in [6.45, 7) is 0. The number of hydrogen-bond donors (Lipinski definition) is 3. The number of aliphatic carboxylic acids is 1. The maximum absolute atomic E-state index is 12.4. The summed E-state index contributed by atoms with van der Waals surface area (Å²) in [4.78, 5) is 23.8. The van der Waals surface area contributed by atoms with Crippen molar-refractivity contribution in [1.82, 2.24) is 10.0 Å². The number of carboxylic acids is 1. The zero-order valence-corrected chi connectivity index (χ0v) is 14.3. The third kappa shape index (κ3) is 4.33. The predicted molar refractivity (Wildman–Crippen MR) is 88.2 cm³/mol. The molecule has 2 rings (SSSR count). The molecule has 1 aromatic carbocycles. The molecule has 2 atom stereocenters. The lowest BCUT2D eigenvalue weighted by Crippen LogP contribution is -2.42. The topological polar surface area (TPSA) is 113 Å². The molecule has 0 heterocycles. The number of rotatable bonds is 5. The van der Waals surface area contributed by atoms with Crippen LogP contribution in [-0.2, 0) is 14.8 Å². The molecule has 1 amide bonds. The highest BCUT2D eigenvalue weighted by Crippen LogP contribution is 2.24. The Morgan fingerprint density at radius 1 is 1.08 bits per heavy atom. The molecule has 7 nitrogen and oxygen atoms in total. The van der Waals surface area contributed by atoms with Crippen molar-refractivity contribution in [1.29, 1.82) is 0 Å². The van der Waals surface area contributed by atoms with Crippen molar-refractivity contribution in [2.75, 3.05) is 7.05 Å². The van der Waals surface area contributed by atoms with Gasteiger partial charge in [-0.2, -0.15) is 0 Å². The van der Waals surface area contributed by atoms with E-state index in [1.807, 2.05) is 0 Å². The van der Waals surface area contributed by atoms with Gasteiger partial charge in [0.05, 0.1) is 10.8 Å². The Morgan fingerprint density at radius 3 is 2.29 bits per heavy atom. The fourth-order valence-corrected chi connectivity index (χ4v) is 3.66. The van der Waals surface area contributed by atoms with Gasteiger partial charge in [-0.15, -0.1) is 0 Å². The van der Waals surface area contributed by atoms with Gasteiger partial charge in [-0.25, -0.2) is 13.1 Å². The molecule has 0 aromatic heterocycles. The third-order valence-electron chi connectivity index (χ3n) is 4.35. The van der Waals surface area contributed by atoms with Crippen LogP contribution in [-0.4, -0.2) is 38.5 Å². The van der Waals surface area contributed by atoms with E-state index in [2.05, 4.69) is 10.0 Å². The molecule has 0 saturated heterocycles. The minimum atomic E-state index is -3.55. The molecule has 1 aromatic rings. The Kier molecular flexibility index (Phi) is 5.95. The monoisotopic (exact) mass is 354 g/mol. The molecule has 1 aliphatic carbocycles. The van der Waals surface area contributed by atoms with Gasteiger partial charge in [0.1, 0.15) is 0 Å². The number of hydrogen-bond acceptors (Lipinski definition) is 4. The Balaban J connectivity index is 2.12. The number of carbonyl (C=O) groups is 2. The molecule has 1 saturated carbocycles. The van der Waals surface area contributed by atoms with Crippen LogP contribution in [0, 0.1) is 5.92 Å². The van der Waals surface area contributed by atoms with Gasteiger partial charge in [0.15, 0.2) is 0 Å². The lowest BCUT2D eigenvalue weighted by molar-refractivity contribution is -0.142. The van der Waals surface area contributed by atoms with E-state index in [4.69, 9.17) is 0 Å². The van der Waals surface area contributed by atoms with Gasteiger partial charge in [0.2, 0.25) is 10.0 Å². The fourth-order valence-electron chi connectivity index (χ4n) is 2.93. The van der Waals surface area contributed by atoms with Crippen LogP contribution >= 0.6 is 0 Å². The zero-order chi connectivity index (χ0) is 17.7. The zero-order valence-electron chi connectivity index (χ0n) is 13.5. The molecule has 0 aliphatic heterocycles. The van der Waals surface area contributed by atoms with Crippen LogP contribution in [0.4, 0.5) is 0 Å². The number of benzene rings is 1. The van der Waals surface area contributed by atoms with Gasteiger partial charge in [0.25, 0.3) is 5.91 Å². The molecule has 0 spiro atoms. The number of sulfonamides is 1. The molecule has 0 unspecified atom stereocenters. The van der Waals surface area contributed by atoms with E-state index in [0.29, 0.717) is 18.4 Å². The van der Waals surface area contributed by atoms with Crippen molar-refractivity contribution in [2.24, 2.45) is 5.92 Å². The summed E-state index contributed by atoms with van der Waals surface area (Å²) in [5, 5.41) is 12.1. The van der Waals surface area contributed by atoms with Crippen molar-refractivity contribution in [3.63, 3.8) is 0 Å². The van der Waals surface area contributed by atoms with Gasteiger partial charge in [-0.1, -0.05) is 19.3 Å². The highest BCUT2D eigenvalue weighted by Gasteiger charge is 2.30. The van der Waals surface area contributed by atoms with Crippen molar-refractivity contribution in [2.45, 2.75) is 43.0 Å². The Morgan fingerprint density at radius 2 is 1.71 bits per heavy atom. The first-order chi connectivity index (χ1) is 11.3. The molecule has 8 heteroatoms. The minimum Gasteiger partial charge on any atom is -0.481 e. The smallest absolute Gasteiger partial charge is 0.308 e. The SMILES string of the molecule is CNS(=O)(=O)c1ccc(C(=O)N[C@H]2CCCCC[C@H]2C(=O)O)cc1. The van der Waals surface area contributed by atoms with Crippen LogP contribution in [0.3, 0.4) is 0 Å². The first-order valence-electron chi connectivity index (χ1n) is 7.92.